The molecule has 0 unspecified atom stereocenters. The molecule has 6 nitrogen and oxygen atoms in total. The van der Waals surface area contributed by atoms with Gasteiger partial charge < -0.3 is 19.1 Å². The van der Waals surface area contributed by atoms with E-state index in [9.17, 15) is 8.78 Å². The van der Waals surface area contributed by atoms with E-state index < -0.39 is 17.0 Å². The van der Waals surface area contributed by atoms with Gasteiger partial charge in [-0.25, -0.2) is 8.78 Å². The molecule has 9 heteroatoms. The summed E-state index contributed by atoms with van der Waals surface area (Å²) in [7, 11) is 0. The van der Waals surface area contributed by atoms with Gasteiger partial charge in [0.15, 0.2) is 0 Å². The first kappa shape index (κ1) is 23.9. The van der Waals surface area contributed by atoms with Gasteiger partial charge in [0.1, 0.15) is 11.6 Å². The first-order chi connectivity index (χ1) is 14.6. The van der Waals surface area contributed by atoms with Crippen LogP contribution in [0.2, 0.25) is 0 Å². The molecule has 0 aliphatic rings. The van der Waals surface area contributed by atoms with Crippen molar-refractivity contribution in [2.75, 3.05) is 0 Å². The Kier molecular flexibility index (Phi) is 6.45. The van der Waals surface area contributed by atoms with Crippen LogP contribution in [-0.2, 0) is 25.8 Å². The standard InChI is InChI=1S/C23H22F2N6.Pd/c1-13-15(3)30(11-26-13)21-17(24)7-9-19(28-21)23(5,6)20-10-8-18(25)22(29-20)31-12-27-14(2)16(31)4;/h7-10H,1-6H3;/q-2;+2. The van der Waals surface area contributed by atoms with Crippen LogP contribution in [0.5, 0.6) is 0 Å². The molecule has 0 bridgehead atoms. The second-order valence-electron chi connectivity index (χ2n) is 8.06. The predicted octanol–water partition coefficient (Wildman–Crippen LogP) is 4.28. The second kappa shape index (κ2) is 8.64. The van der Waals surface area contributed by atoms with Crippen LogP contribution in [0, 0.1) is 52.0 Å². The average molecular weight is 527 g/mol. The van der Waals surface area contributed by atoms with E-state index in [0.717, 1.165) is 22.8 Å². The van der Waals surface area contributed by atoms with E-state index in [2.05, 4.69) is 32.6 Å². The number of imidazole rings is 2. The molecule has 168 valence electrons. The van der Waals surface area contributed by atoms with Crippen LogP contribution in [0.25, 0.3) is 11.6 Å². The molecule has 0 aromatic carbocycles. The molecule has 4 aromatic rings. The molecule has 0 fully saturated rings. The van der Waals surface area contributed by atoms with E-state index in [-0.39, 0.29) is 32.1 Å². The van der Waals surface area contributed by atoms with Crippen molar-refractivity contribution in [2.24, 2.45) is 0 Å². The summed E-state index contributed by atoms with van der Waals surface area (Å²) in [4.78, 5) is 17.4. The largest absolute Gasteiger partial charge is 2.00 e. The molecule has 0 saturated heterocycles. The van der Waals surface area contributed by atoms with Gasteiger partial charge in [-0.2, -0.15) is 0 Å². The second-order valence-corrected chi connectivity index (χ2v) is 8.06. The minimum Gasteiger partial charge on any atom is -0.413 e. The van der Waals surface area contributed by atoms with Gasteiger partial charge in [0.05, 0.1) is 11.6 Å². The zero-order valence-electron chi connectivity index (χ0n) is 18.6. The Bertz CT molecular complexity index is 1190. The van der Waals surface area contributed by atoms with E-state index in [1.165, 1.54) is 21.3 Å². The molecule has 4 heterocycles. The van der Waals surface area contributed by atoms with Gasteiger partial charge in [0, 0.05) is 29.5 Å². The van der Waals surface area contributed by atoms with E-state index in [1.807, 2.05) is 41.5 Å². The number of nitrogens with zero attached hydrogens (tertiary/aromatic N) is 6. The van der Waals surface area contributed by atoms with E-state index >= 15 is 0 Å². The van der Waals surface area contributed by atoms with Gasteiger partial charge in [-0.3, -0.25) is 9.97 Å². The van der Waals surface area contributed by atoms with Crippen LogP contribution in [0.3, 0.4) is 0 Å². The first-order valence-electron chi connectivity index (χ1n) is 9.83. The topological polar surface area (TPSA) is 61.4 Å². The molecule has 32 heavy (non-hydrogen) atoms. The van der Waals surface area contributed by atoms with Gasteiger partial charge in [0.25, 0.3) is 0 Å². The van der Waals surface area contributed by atoms with Crippen LogP contribution < -0.4 is 0 Å². The molecule has 4 aromatic heterocycles. The van der Waals surface area contributed by atoms with Gasteiger partial charge in [0.2, 0.25) is 0 Å². The molecule has 0 radical (unpaired) electrons. The van der Waals surface area contributed by atoms with Crippen molar-refractivity contribution in [3.8, 4) is 11.6 Å². The van der Waals surface area contributed by atoms with Crippen molar-refractivity contribution in [3.63, 3.8) is 0 Å². The fraction of sp³-hybridized carbons (Fsp3) is 0.304. The summed E-state index contributed by atoms with van der Waals surface area (Å²) >= 11 is 0. The quantitative estimate of drug-likeness (QED) is 0.294. The normalized spacial score (nSPS) is 11.5. The van der Waals surface area contributed by atoms with Crippen molar-refractivity contribution in [2.45, 2.75) is 47.0 Å². The molecule has 0 atom stereocenters. The number of pyridine rings is 2. The van der Waals surface area contributed by atoms with Crippen molar-refractivity contribution in [1.29, 1.82) is 0 Å². The third-order valence-corrected chi connectivity index (χ3v) is 5.71. The van der Waals surface area contributed by atoms with Gasteiger partial charge in [-0.15, -0.1) is 0 Å². The summed E-state index contributed by atoms with van der Waals surface area (Å²) in [6, 6.07) is 5.95. The Labute approximate surface area is 199 Å². The number of rotatable bonds is 4. The van der Waals surface area contributed by atoms with Gasteiger partial charge >= 0.3 is 20.4 Å². The Morgan fingerprint density at radius 2 is 1.09 bits per heavy atom. The van der Waals surface area contributed by atoms with E-state index in [4.69, 9.17) is 0 Å². The Balaban J connectivity index is 0.00000289. The number of aromatic nitrogens is 6. The van der Waals surface area contributed by atoms with Crippen LogP contribution in [-0.4, -0.2) is 29.1 Å². The van der Waals surface area contributed by atoms with Gasteiger partial charge in [-0.05, 0) is 38.1 Å². The zero-order chi connectivity index (χ0) is 22.5. The zero-order valence-corrected chi connectivity index (χ0v) is 20.1. The summed E-state index contributed by atoms with van der Waals surface area (Å²) in [5.41, 5.74) is 3.43. The first-order valence-corrected chi connectivity index (χ1v) is 9.83. The Hall–Kier alpha value is -2.76. The molecule has 4 rings (SSSR count). The SMILES string of the molecule is Cc1n[c-]n(-c2nc(C(C)(C)c3ccc(F)c(-n4[c-]nc(C)c4C)n3)ccc2F)c1C.[Pd+2]. The minimum atomic E-state index is -0.738. The summed E-state index contributed by atoms with van der Waals surface area (Å²) in [5, 5.41) is 0. The molecule has 0 aliphatic heterocycles. The maximum absolute atomic E-state index is 14.6. The van der Waals surface area contributed by atoms with E-state index in [1.54, 1.807) is 12.1 Å². The third kappa shape index (κ3) is 3.91. The number of hydrogen-bond acceptors (Lipinski definition) is 4. The molecule has 0 saturated carbocycles. The number of aryl methyl sites for hydroxylation is 2. The average Bonchev–Trinajstić information content (AvgIpc) is 3.24. The summed E-state index contributed by atoms with van der Waals surface area (Å²) < 4.78 is 32.2. The molecule has 0 amide bonds. The third-order valence-electron chi connectivity index (χ3n) is 5.71. The summed E-state index contributed by atoms with van der Waals surface area (Å²) in [6.45, 7) is 11.1. The molecule has 0 spiro atoms. The number of hydrogen-bond donors (Lipinski definition) is 0. The van der Waals surface area contributed by atoms with Crippen LogP contribution in [0.15, 0.2) is 24.3 Å². The van der Waals surface area contributed by atoms with Crippen LogP contribution >= 0.6 is 0 Å². The minimum absolute atomic E-state index is 0. The fourth-order valence-corrected chi connectivity index (χ4v) is 3.30. The Morgan fingerprint density at radius 1 is 0.719 bits per heavy atom. The molecular formula is C23H22F2N6Pd. The van der Waals surface area contributed by atoms with Crippen molar-refractivity contribution < 1.29 is 29.2 Å². The van der Waals surface area contributed by atoms with Gasteiger partial charge in [-0.1, -0.05) is 50.5 Å². The summed E-state index contributed by atoms with van der Waals surface area (Å²) in [6.07, 6.45) is 5.56. The van der Waals surface area contributed by atoms with Crippen LogP contribution in [0.4, 0.5) is 8.78 Å². The summed E-state index contributed by atoms with van der Waals surface area (Å²) in [5.74, 6) is -0.743. The smallest absolute Gasteiger partial charge is 0.413 e. The molecule has 0 N–H and O–H groups in total. The fourth-order valence-electron chi connectivity index (χ4n) is 3.30. The van der Waals surface area contributed by atoms with E-state index in [0.29, 0.717) is 11.4 Å². The van der Waals surface area contributed by atoms with Crippen molar-refractivity contribution in [1.82, 2.24) is 29.1 Å². The molecular weight excluding hydrogens is 505 g/mol. The maximum Gasteiger partial charge on any atom is 2.00 e. The van der Waals surface area contributed by atoms with Crippen molar-refractivity contribution in [3.05, 3.63) is 82.7 Å². The predicted molar refractivity (Wildman–Crippen MR) is 111 cm³/mol. The monoisotopic (exact) mass is 526 g/mol. The maximum atomic E-state index is 14.6. The molecule has 0 aliphatic carbocycles. The Morgan fingerprint density at radius 3 is 1.41 bits per heavy atom. The van der Waals surface area contributed by atoms with Crippen LogP contribution in [0.1, 0.15) is 48.0 Å². The number of halogens is 2. The van der Waals surface area contributed by atoms with Crippen molar-refractivity contribution >= 4 is 0 Å².